The van der Waals surface area contributed by atoms with Gasteiger partial charge in [0.1, 0.15) is 5.54 Å². The highest BCUT2D eigenvalue weighted by molar-refractivity contribution is 5.87. The number of carbonyl (C=O) groups is 2. The molecule has 2 saturated carbocycles. The zero-order chi connectivity index (χ0) is 14.3. The van der Waals surface area contributed by atoms with Crippen LogP contribution >= 0.6 is 0 Å². The molecule has 0 spiro atoms. The van der Waals surface area contributed by atoms with E-state index in [0.717, 1.165) is 25.8 Å². The minimum Gasteiger partial charge on any atom is -0.479 e. The van der Waals surface area contributed by atoms with Gasteiger partial charge in [-0.1, -0.05) is 6.92 Å². The van der Waals surface area contributed by atoms with Crippen molar-refractivity contribution in [2.24, 2.45) is 5.92 Å². The van der Waals surface area contributed by atoms with Crippen LogP contribution < -0.4 is 0 Å². The molecule has 3 rings (SSSR count). The van der Waals surface area contributed by atoms with E-state index in [1.165, 1.54) is 12.8 Å². The van der Waals surface area contributed by atoms with Crippen LogP contribution in [0.3, 0.4) is 0 Å². The van der Waals surface area contributed by atoms with Crippen LogP contribution in [-0.4, -0.2) is 51.6 Å². The molecule has 1 unspecified atom stereocenters. The number of carboxylic acids is 1. The summed E-state index contributed by atoms with van der Waals surface area (Å²) in [4.78, 5) is 28.2. The van der Waals surface area contributed by atoms with Crippen molar-refractivity contribution in [1.82, 2.24) is 9.80 Å². The van der Waals surface area contributed by atoms with Crippen LogP contribution in [0.1, 0.15) is 51.9 Å². The molecule has 1 saturated heterocycles. The first-order valence-electron chi connectivity index (χ1n) is 7.90. The minimum atomic E-state index is -0.965. The Hall–Kier alpha value is -1.26. The van der Waals surface area contributed by atoms with Gasteiger partial charge in [0.25, 0.3) is 0 Å². The zero-order valence-electron chi connectivity index (χ0n) is 12.2. The van der Waals surface area contributed by atoms with Gasteiger partial charge >= 0.3 is 12.0 Å². The maximum absolute atomic E-state index is 12.9. The zero-order valence-corrected chi connectivity index (χ0v) is 12.2. The van der Waals surface area contributed by atoms with E-state index in [4.69, 9.17) is 0 Å². The molecule has 0 radical (unpaired) electrons. The van der Waals surface area contributed by atoms with E-state index < -0.39 is 11.5 Å². The summed E-state index contributed by atoms with van der Waals surface area (Å²) in [6, 6.07) is 0.341. The molecule has 1 atom stereocenters. The molecular weight excluding hydrogens is 256 g/mol. The maximum atomic E-state index is 12.9. The van der Waals surface area contributed by atoms with E-state index in [9.17, 15) is 14.7 Å². The standard InChI is InChI=1S/C15H24N2O3/c1-2-15(13(18)19)8-3-9-17(15)14(20)16(12-6-7-12)10-11-4-5-11/h11-12H,2-10H2,1H3,(H,18,19). The van der Waals surface area contributed by atoms with Crippen molar-refractivity contribution in [3.63, 3.8) is 0 Å². The fraction of sp³-hybridized carbons (Fsp3) is 0.867. The number of amides is 2. The lowest BCUT2D eigenvalue weighted by atomic mass is 9.93. The summed E-state index contributed by atoms with van der Waals surface area (Å²) in [5.41, 5.74) is -0.965. The molecule has 2 aliphatic carbocycles. The molecule has 1 N–H and O–H groups in total. The highest BCUT2D eigenvalue weighted by atomic mass is 16.4. The number of nitrogens with zero attached hydrogens (tertiary/aromatic N) is 2. The second-order valence-electron chi connectivity index (χ2n) is 6.55. The summed E-state index contributed by atoms with van der Waals surface area (Å²) in [5, 5.41) is 9.60. The van der Waals surface area contributed by atoms with Gasteiger partial charge < -0.3 is 14.9 Å². The SMILES string of the molecule is CCC1(C(=O)O)CCCN1C(=O)N(CC1CC1)C1CC1. The number of carbonyl (C=O) groups excluding carboxylic acids is 1. The molecule has 20 heavy (non-hydrogen) atoms. The van der Waals surface area contributed by atoms with E-state index in [-0.39, 0.29) is 6.03 Å². The highest BCUT2D eigenvalue weighted by Crippen LogP contribution is 2.39. The molecule has 112 valence electrons. The van der Waals surface area contributed by atoms with E-state index in [2.05, 4.69) is 0 Å². The molecule has 5 nitrogen and oxygen atoms in total. The van der Waals surface area contributed by atoms with Gasteiger partial charge in [-0.2, -0.15) is 0 Å². The molecule has 3 aliphatic rings. The van der Waals surface area contributed by atoms with Gasteiger partial charge in [-0.15, -0.1) is 0 Å². The van der Waals surface area contributed by atoms with Crippen molar-refractivity contribution in [2.45, 2.75) is 63.5 Å². The smallest absolute Gasteiger partial charge is 0.329 e. The summed E-state index contributed by atoms with van der Waals surface area (Å²) in [6.07, 6.45) is 6.48. The number of hydrogen-bond donors (Lipinski definition) is 1. The number of rotatable bonds is 5. The van der Waals surface area contributed by atoms with Gasteiger partial charge in [0.15, 0.2) is 0 Å². The van der Waals surface area contributed by atoms with Crippen LogP contribution in [0.5, 0.6) is 0 Å². The van der Waals surface area contributed by atoms with Gasteiger partial charge in [0.05, 0.1) is 0 Å². The number of urea groups is 1. The van der Waals surface area contributed by atoms with Crippen molar-refractivity contribution in [2.75, 3.05) is 13.1 Å². The minimum absolute atomic E-state index is 0.0267. The molecule has 1 heterocycles. The maximum Gasteiger partial charge on any atom is 0.329 e. The predicted octanol–water partition coefficient (Wildman–Crippen LogP) is 2.31. The lowest BCUT2D eigenvalue weighted by Gasteiger charge is -2.37. The lowest BCUT2D eigenvalue weighted by Crippen LogP contribution is -2.57. The third kappa shape index (κ3) is 2.27. The number of carboxylic acid groups (broad SMARTS) is 1. The number of aliphatic carboxylic acids is 1. The van der Waals surface area contributed by atoms with Crippen LogP contribution in [-0.2, 0) is 4.79 Å². The van der Waals surface area contributed by atoms with Crippen molar-refractivity contribution in [3.05, 3.63) is 0 Å². The molecule has 0 aromatic heterocycles. The third-order valence-corrected chi connectivity index (χ3v) is 5.09. The normalized spacial score (nSPS) is 29.6. The summed E-state index contributed by atoms with van der Waals surface area (Å²) < 4.78 is 0. The average molecular weight is 280 g/mol. The summed E-state index contributed by atoms with van der Waals surface area (Å²) >= 11 is 0. The number of likely N-dealkylation sites (tertiary alicyclic amines) is 1. The van der Waals surface area contributed by atoms with Crippen molar-refractivity contribution in [3.8, 4) is 0 Å². The lowest BCUT2D eigenvalue weighted by molar-refractivity contribution is -0.148. The predicted molar refractivity (Wildman–Crippen MR) is 74.4 cm³/mol. The van der Waals surface area contributed by atoms with Crippen LogP contribution in [0.25, 0.3) is 0 Å². The highest BCUT2D eigenvalue weighted by Gasteiger charge is 2.51. The molecule has 0 aromatic rings. The van der Waals surface area contributed by atoms with Gasteiger partial charge in [0.2, 0.25) is 0 Å². The first-order chi connectivity index (χ1) is 9.58. The molecular formula is C15H24N2O3. The Morgan fingerprint density at radius 2 is 2.00 bits per heavy atom. The number of hydrogen-bond acceptors (Lipinski definition) is 2. The van der Waals surface area contributed by atoms with Gasteiger partial charge in [-0.05, 0) is 50.9 Å². The summed E-state index contributed by atoms with van der Waals surface area (Å²) in [7, 11) is 0. The molecule has 0 aromatic carbocycles. The van der Waals surface area contributed by atoms with Gasteiger partial charge in [-0.3, -0.25) is 0 Å². The topological polar surface area (TPSA) is 60.9 Å². The van der Waals surface area contributed by atoms with Gasteiger partial charge in [0, 0.05) is 19.1 Å². The Bertz CT molecular complexity index is 417. The monoisotopic (exact) mass is 280 g/mol. The summed E-state index contributed by atoms with van der Waals surface area (Å²) in [5.74, 6) is -0.184. The van der Waals surface area contributed by atoms with Gasteiger partial charge in [-0.25, -0.2) is 9.59 Å². The van der Waals surface area contributed by atoms with Crippen molar-refractivity contribution >= 4 is 12.0 Å². The second-order valence-corrected chi connectivity index (χ2v) is 6.55. The molecule has 2 amide bonds. The first-order valence-corrected chi connectivity index (χ1v) is 7.90. The van der Waals surface area contributed by atoms with Crippen molar-refractivity contribution < 1.29 is 14.7 Å². The Morgan fingerprint density at radius 3 is 2.50 bits per heavy atom. The Kier molecular flexibility index (Phi) is 3.38. The summed E-state index contributed by atoms with van der Waals surface area (Å²) in [6.45, 7) is 3.30. The van der Waals surface area contributed by atoms with E-state index in [1.54, 1.807) is 4.90 Å². The quantitative estimate of drug-likeness (QED) is 0.840. The van der Waals surface area contributed by atoms with Crippen LogP contribution in [0, 0.1) is 5.92 Å². The van der Waals surface area contributed by atoms with E-state index in [1.807, 2.05) is 11.8 Å². The van der Waals surface area contributed by atoms with Crippen LogP contribution in [0.2, 0.25) is 0 Å². The van der Waals surface area contributed by atoms with Crippen LogP contribution in [0.15, 0.2) is 0 Å². The van der Waals surface area contributed by atoms with E-state index in [0.29, 0.717) is 31.3 Å². The molecule has 0 bridgehead atoms. The largest absolute Gasteiger partial charge is 0.479 e. The Balaban J connectivity index is 1.78. The molecule has 5 heteroatoms. The second kappa shape index (κ2) is 4.93. The Morgan fingerprint density at radius 1 is 1.30 bits per heavy atom. The van der Waals surface area contributed by atoms with Crippen LogP contribution in [0.4, 0.5) is 4.79 Å². The third-order valence-electron chi connectivity index (χ3n) is 5.09. The Labute approximate surface area is 119 Å². The first kappa shape index (κ1) is 13.7. The fourth-order valence-electron chi connectivity index (χ4n) is 3.40. The molecule has 1 aliphatic heterocycles. The fourth-order valence-corrected chi connectivity index (χ4v) is 3.40. The van der Waals surface area contributed by atoms with Crippen molar-refractivity contribution in [1.29, 1.82) is 0 Å². The molecule has 3 fully saturated rings. The van der Waals surface area contributed by atoms with E-state index >= 15 is 0 Å². The average Bonchev–Trinajstić information content (AvgIpc) is 3.33.